The summed E-state index contributed by atoms with van der Waals surface area (Å²) in [6, 6.07) is 9.61. The van der Waals surface area contributed by atoms with Gasteiger partial charge in [-0.1, -0.05) is 36.9 Å². The van der Waals surface area contributed by atoms with Gasteiger partial charge in [0, 0.05) is 4.88 Å². The van der Waals surface area contributed by atoms with Crippen molar-refractivity contribution in [3.8, 4) is 5.69 Å². The first-order chi connectivity index (χ1) is 12.7. The first-order valence-electron chi connectivity index (χ1n) is 8.44. The largest absolute Gasteiger partial charge is 0.301 e. The monoisotopic (exact) mass is 386 g/mol. The summed E-state index contributed by atoms with van der Waals surface area (Å²) in [6.07, 6.45) is 3.23. The number of tetrazole rings is 1. The molecule has 1 aromatic carbocycles. The van der Waals surface area contributed by atoms with Crippen LogP contribution >= 0.6 is 23.1 Å². The summed E-state index contributed by atoms with van der Waals surface area (Å²) in [6.45, 7) is 2.26. The van der Waals surface area contributed by atoms with Gasteiger partial charge in [0.25, 0.3) is 0 Å². The highest BCUT2D eigenvalue weighted by Gasteiger charge is 2.20. The van der Waals surface area contributed by atoms with E-state index < -0.39 is 0 Å². The number of hydrogen-bond donors (Lipinski definition) is 1. The van der Waals surface area contributed by atoms with Gasteiger partial charge in [-0.05, 0) is 47.7 Å². The standard InChI is InChI=1S/C17H18N6OS2/c1-11-7-8-13-14(9-11)26-16(18-13)19-15(24)10-25-17-20-21-22-23(17)12-5-3-2-4-6-12/h2-6,11H,7-10H2,1H3,(H,18,19,24)/t11-/m0/s1. The minimum Gasteiger partial charge on any atom is -0.301 e. The number of carbonyl (C=O) groups excluding carboxylic acids is 1. The Labute approximate surface area is 159 Å². The van der Waals surface area contributed by atoms with Crippen molar-refractivity contribution < 1.29 is 4.79 Å². The van der Waals surface area contributed by atoms with Crippen LogP contribution in [0.4, 0.5) is 5.13 Å². The minimum absolute atomic E-state index is 0.100. The summed E-state index contributed by atoms with van der Waals surface area (Å²) >= 11 is 2.90. The van der Waals surface area contributed by atoms with E-state index >= 15 is 0 Å². The second-order valence-corrected chi connectivity index (χ2v) is 8.31. The Morgan fingerprint density at radius 2 is 2.23 bits per heavy atom. The average molecular weight is 387 g/mol. The predicted molar refractivity (Wildman–Crippen MR) is 102 cm³/mol. The number of aryl methyl sites for hydroxylation is 1. The van der Waals surface area contributed by atoms with E-state index in [0.717, 1.165) is 24.2 Å². The van der Waals surface area contributed by atoms with Gasteiger partial charge in [-0.15, -0.1) is 16.4 Å². The van der Waals surface area contributed by atoms with E-state index in [2.05, 4.69) is 32.7 Å². The zero-order valence-electron chi connectivity index (χ0n) is 14.3. The van der Waals surface area contributed by atoms with E-state index in [-0.39, 0.29) is 11.7 Å². The molecule has 2 heterocycles. The Hall–Kier alpha value is -2.26. The Bertz CT molecular complexity index is 907. The van der Waals surface area contributed by atoms with Crippen molar-refractivity contribution in [3.05, 3.63) is 40.9 Å². The molecule has 1 amide bonds. The highest BCUT2D eigenvalue weighted by Crippen LogP contribution is 2.32. The summed E-state index contributed by atoms with van der Waals surface area (Å²) in [7, 11) is 0. The van der Waals surface area contributed by atoms with Crippen LogP contribution in [0.1, 0.15) is 23.9 Å². The number of hydrogen-bond acceptors (Lipinski definition) is 7. The van der Waals surface area contributed by atoms with Crippen LogP contribution in [0.3, 0.4) is 0 Å². The van der Waals surface area contributed by atoms with Crippen LogP contribution < -0.4 is 5.32 Å². The van der Waals surface area contributed by atoms with E-state index in [1.165, 1.54) is 23.1 Å². The molecule has 1 aliphatic rings. The smallest absolute Gasteiger partial charge is 0.236 e. The molecule has 0 saturated carbocycles. The summed E-state index contributed by atoms with van der Waals surface area (Å²) in [5.74, 6) is 0.823. The molecule has 7 nitrogen and oxygen atoms in total. The van der Waals surface area contributed by atoms with Gasteiger partial charge in [-0.3, -0.25) is 4.79 Å². The number of thiazole rings is 1. The number of fused-ring (bicyclic) bond motifs is 1. The summed E-state index contributed by atoms with van der Waals surface area (Å²) in [5, 5.41) is 15.9. The molecule has 2 aromatic heterocycles. The minimum atomic E-state index is -0.100. The molecule has 134 valence electrons. The third kappa shape index (κ3) is 3.78. The molecule has 0 radical (unpaired) electrons. The van der Waals surface area contributed by atoms with Crippen LogP contribution in [0.15, 0.2) is 35.5 Å². The van der Waals surface area contributed by atoms with E-state index in [1.54, 1.807) is 16.0 Å². The highest BCUT2D eigenvalue weighted by atomic mass is 32.2. The van der Waals surface area contributed by atoms with Gasteiger partial charge in [0.2, 0.25) is 11.1 Å². The number of anilines is 1. The summed E-state index contributed by atoms with van der Waals surface area (Å²) in [4.78, 5) is 18.2. The highest BCUT2D eigenvalue weighted by molar-refractivity contribution is 7.99. The molecule has 9 heteroatoms. The number of thioether (sulfide) groups is 1. The van der Waals surface area contributed by atoms with Gasteiger partial charge in [0.05, 0.1) is 17.1 Å². The second-order valence-electron chi connectivity index (χ2n) is 6.28. The predicted octanol–water partition coefficient (Wildman–Crippen LogP) is 2.97. The Morgan fingerprint density at radius 3 is 3.08 bits per heavy atom. The van der Waals surface area contributed by atoms with Gasteiger partial charge < -0.3 is 5.32 Å². The topological polar surface area (TPSA) is 85.6 Å². The Morgan fingerprint density at radius 1 is 1.38 bits per heavy atom. The van der Waals surface area contributed by atoms with Crippen LogP contribution in [0.5, 0.6) is 0 Å². The zero-order chi connectivity index (χ0) is 17.9. The van der Waals surface area contributed by atoms with Crippen LogP contribution in [0.2, 0.25) is 0 Å². The van der Waals surface area contributed by atoms with Gasteiger partial charge in [0.1, 0.15) is 0 Å². The van der Waals surface area contributed by atoms with E-state index in [0.29, 0.717) is 16.2 Å². The molecule has 0 aliphatic heterocycles. The molecule has 26 heavy (non-hydrogen) atoms. The lowest BCUT2D eigenvalue weighted by molar-refractivity contribution is -0.113. The normalized spacial score (nSPS) is 16.3. The van der Waals surface area contributed by atoms with E-state index in [4.69, 9.17) is 0 Å². The average Bonchev–Trinajstić information content (AvgIpc) is 3.26. The quantitative estimate of drug-likeness (QED) is 0.679. The first-order valence-corrected chi connectivity index (χ1v) is 10.2. The van der Waals surface area contributed by atoms with Crippen molar-refractivity contribution in [2.45, 2.75) is 31.3 Å². The maximum absolute atomic E-state index is 12.3. The summed E-state index contributed by atoms with van der Waals surface area (Å²) < 4.78 is 1.63. The first kappa shape index (κ1) is 17.2. The van der Waals surface area contributed by atoms with Crippen LogP contribution in [0, 0.1) is 5.92 Å². The summed E-state index contributed by atoms with van der Waals surface area (Å²) in [5.41, 5.74) is 2.01. The molecule has 4 rings (SSSR count). The van der Waals surface area contributed by atoms with Crippen molar-refractivity contribution in [3.63, 3.8) is 0 Å². The third-order valence-electron chi connectivity index (χ3n) is 4.21. The fourth-order valence-electron chi connectivity index (χ4n) is 2.88. The maximum Gasteiger partial charge on any atom is 0.236 e. The molecule has 0 spiro atoms. The van der Waals surface area contributed by atoms with Gasteiger partial charge >= 0.3 is 0 Å². The van der Waals surface area contributed by atoms with E-state index in [1.807, 2.05) is 30.3 Å². The fourth-order valence-corrected chi connectivity index (χ4v) is 4.76. The number of nitrogens with one attached hydrogen (secondary N) is 1. The number of carbonyl (C=O) groups is 1. The third-order valence-corrected chi connectivity index (χ3v) is 6.16. The zero-order valence-corrected chi connectivity index (χ0v) is 15.9. The molecule has 1 N–H and O–H groups in total. The number of aromatic nitrogens is 5. The van der Waals surface area contributed by atoms with Crippen molar-refractivity contribution >= 4 is 34.1 Å². The second kappa shape index (κ2) is 7.55. The molecule has 1 aliphatic carbocycles. The lowest BCUT2D eigenvalue weighted by Gasteiger charge is -2.15. The lowest BCUT2D eigenvalue weighted by atomic mass is 9.93. The van der Waals surface area contributed by atoms with Gasteiger partial charge in [-0.25, -0.2) is 4.98 Å². The molecule has 0 fully saturated rings. The maximum atomic E-state index is 12.3. The molecule has 1 atom stereocenters. The number of amides is 1. The molecular formula is C17H18N6OS2. The molecular weight excluding hydrogens is 368 g/mol. The number of nitrogens with zero attached hydrogens (tertiary/aromatic N) is 5. The molecule has 0 bridgehead atoms. The van der Waals surface area contributed by atoms with Crippen molar-refractivity contribution in [2.24, 2.45) is 5.92 Å². The molecule has 3 aromatic rings. The van der Waals surface area contributed by atoms with E-state index in [9.17, 15) is 4.79 Å². The van der Waals surface area contributed by atoms with Crippen molar-refractivity contribution in [1.29, 1.82) is 0 Å². The molecule has 0 unspecified atom stereocenters. The number of para-hydroxylation sites is 1. The van der Waals surface area contributed by atoms with Gasteiger partial charge in [-0.2, -0.15) is 4.68 Å². The van der Waals surface area contributed by atoms with Crippen LogP contribution in [-0.4, -0.2) is 36.9 Å². The van der Waals surface area contributed by atoms with Crippen molar-refractivity contribution in [2.75, 3.05) is 11.1 Å². The van der Waals surface area contributed by atoms with Gasteiger partial charge in [0.15, 0.2) is 5.13 Å². The van der Waals surface area contributed by atoms with Crippen LogP contribution in [-0.2, 0) is 17.6 Å². The number of rotatable bonds is 5. The lowest BCUT2D eigenvalue weighted by Crippen LogP contribution is -2.14. The molecule has 0 saturated heterocycles. The Balaban J connectivity index is 1.37. The SMILES string of the molecule is C[C@H]1CCc2nc(NC(=O)CSc3nnnn3-c3ccccc3)sc2C1. The number of benzene rings is 1. The Kier molecular flexibility index (Phi) is 4.98. The van der Waals surface area contributed by atoms with Crippen molar-refractivity contribution in [1.82, 2.24) is 25.2 Å². The fraction of sp³-hybridized carbons (Fsp3) is 0.353. The van der Waals surface area contributed by atoms with Crippen LogP contribution in [0.25, 0.3) is 5.69 Å².